The molecule has 2 amide bonds. The van der Waals surface area contributed by atoms with Crippen LogP contribution in [0.4, 0.5) is 0 Å². The van der Waals surface area contributed by atoms with Crippen molar-refractivity contribution in [3.05, 3.63) is 53.4 Å². The van der Waals surface area contributed by atoms with E-state index in [4.69, 9.17) is 16.0 Å². The second kappa shape index (κ2) is 9.85. The molecule has 27 heavy (non-hydrogen) atoms. The second-order valence-corrected chi connectivity index (χ2v) is 8.12. The fourth-order valence-electron chi connectivity index (χ4n) is 3.04. The molecule has 2 aromatic rings. The van der Waals surface area contributed by atoms with Gasteiger partial charge < -0.3 is 14.6 Å². The maximum atomic E-state index is 12.2. The van der Waals surface area contributed by atoms with Gasteiger partial charge in [-0.3, -0.25) is 9.59 Å². The van der Waals surface area contributed by atoms with Gasteiger partial charge in [-0.05, 0) is 61.4 Å². The van der Waals surface area contributed by atoms with Crippen LogP contribution in [0, 0.1) is 0 Å². The van der Waals surface area contributed by atoms with Gasteiger partial charge in [0.15, 0.2) is 5.76 Å². The third-order valence-corrected chi connectivity index (χ3v) is 5.86. The van der Waals surface area contributed by atoms with Gasteiger partial charge in [-0.15, -0.1) is 11.8 Å². The van der Waals surface area contributed by atoms with Crippen molar-refractivity contribution >= 4 is 35.2 Å². The summed E-state index contributed by atoms with van der Waals surface area (Å²) < 4.78 is 5.16. The lowest BCUT2D eigenvalue weighted by atomic mass is 10.0. The van der Waals surface area contributed by atoms with E-state index in [1.54, 1.807) is 28.8 Å². The van der Waals surface area contributed by atoms with E-state index in [0.717, 1.165) is 34.9 Å². The molecule has 1 saturated heterocycles. The maximum absolute atomic E-state index is 12.2. The molecule has 1 N–H and O–H groups in total. The van der Waals surface area contributed by atoms with Crippen molar-refractivity contribution in [2.45, 2.75) is 36.6 Å². The Balaban J connectivity index is 1.31. The fraction of sp³-hybridized carbons (Fsp3) is 0.400. The molecule has 1 aliphatic rings. The van der Waals surface area contributed by atoms with Crippen LogP contribution in [0.5, 0.6) is 0 Å². The summed E-state index contributed by atoms with van der Waals surface area (Å²) in [5, 5.41) is 3.82. The first kappa shape index (κ1) is 19.8. The summed E-state index contributed by atoms with van der Waals surface area (Å²) in [5.41, 5.74) is 0. The van der Waals surface area contributed by atoms with Crippen LogP contribution in [0.15, 0.2) is 52.0 Å². The molecule has 0 aliphatic carbocycles. The number of piperidine rings is 1. The number of furan rings is 1. The number of benzene rings is 1. The number of rotatable bonds is 7. The van der Waals surface area contributed by atoms with Crippen molar-refractivity contribution in [1.82, 2.24) is 10.2 Å². The molecule has 1 aromatic carbocycles. The Morgan fingerprint density at radius 1 is 1.19 bits per heavy atom. The van der Waals surface area contributed by atoms with Crippen molar-refractivity contribution in [3.63, 3.8) is 0 Å². The smallest absolute Gasteiger partial charge is 0.289 e. The van der Waals surface area contributed by atoms with Gasteiger partial charge >= 0.3 is 0 Å². The number of hydrogen-bond donors (Lipinski definition) is 1. The Hall–Kier alpha value is -1.92. The summed E-state index contributed by atoms with van der Waals surface area (Å²) in [4.78, 5) is 27.3. The number of carbonyl (C=O) groups excluding carboxylic acids is 2. The lowest BCUT2D eigenvalue weighted by molar-refractivity contribution is -0.122. The number of hydrogen-bond acceptors (Lipinski definition) is 4. The third kappa shape index (κ3) is 6.04. The lowest BCUT2D eigenvalue weighted by Gasteiger charge is -2.31. The molecule has 0 unspecified atom stereocenters. The van der Waals surface area contributed by atoms with E-state index in [0.29, 0.717) is 25.3 Å². The maximum Gasteiger partial charge on any atom is 0.289 e. The summed E-state index contributed by atoms with van der Waals surface area (Å²) in [6, 6.07) is 11.3. The van der Waals surface area contributed by atoms with Gasteiger partial charge in [0.1, 0.15) is 0 Å². The van der Waals surface area contributed by atoms with Crippen LogP contribution < -0.4 is 5.32 Å². The summed E-state index contributed by atoms with van der Waals surface area (Å²) >= 11 is 7.60. The number of halogens is 1. The zero-order chi connectivity index (χ0) is 19.1. The predicted molar refractivity (Wildman–Crippen MR) is 107 cm³/mol. The van der Waals surface area contributed by atoms with E-state index >= 15 is 0 Å². The molecule has 3 rings (SSSR count). The molecule has 0 spiro atoms. The van der Waals surface area contributed by atoms with E-state index in [2.05, 4.69) is 5.32 Å². The Morgan fingerprint density at radius 2 is 1.93 bits per heavy atom. The Bertz CT molecular complexity index is 741. The molecule has 1 aliphatic heterocycles. The molecule has 1 fully saturated rings. The van der Waals surface area contributed by atoms with Gasteiger partial charge in [-0.25, -0.2) is 0 Å². The summed E-state index contributed by atoms with van der Waals surface area (Å²) in [6.45, 7) is 1.27. The van der Waals surface area contributed by atoms with Gasteiger partial charge in [-0.2, -0.15) is 0 Å². The summed E-state index contributed by atoms with van der Waals surface area (Å²) in [7, 11) is 0. The van der Waals surface area contributed by atoms with Crippen molar-refractivity contribution in [3.8, 4) is 0 Å². The molecule has 7 heteroatoms. The average Bonchev–Trinajstić information content (AvgIpc) is 3.21. The molecule has 0 bridgehead atoms. The van der Waals surface area contributed by atoms with Crippen LogP contribution in [-0.4, -0.2) is 41.6 Å². The largest absolute Gasteiger partial charge is 0.459 e. The monoisotopic (exact) mass is 406 g/mol. The Morgan fingerprint density at radius 3 is 2.59 bits per heavy atom. The van der Waals surface area contributed by atoms with E-state index in [1.165, 1.54) is 6.26 Å². The van der Waals surface area contributed by atoms with Crippen molar-refractivity contribution in [2.24, 2.45) is 0 Å². The van der Waals surface area contributed by atoms with Crippen molar-refractivity contribution in [2.75, 3.05) is 18.8 Å². The third-order valence-electron chi connectivity index (χ3n) is 4.51. The Labute approximate surface area is 168 Å². The molecular weight excluding hydrogens is 384 g/mol. The number of nitrogens with one attached hydrogen (secondary N) is 1. The zero-order valence-corrected chi connectivity index (χ0v) is 16.6. The summed E-state index contributed by atoms with van der Waals surface area (Å²) in [5.74, 6) is 1.27. The highest BCUT2D eigenvalue weighted by atomic mass is 35.5. The van der Waals surface area contributed by atoms with Crippen molar-refractivity contribution in [1.29, 1.82) is 0 Å². The van der Waals surface area contributed by atoms with Gasteiger partial charge in [0.05, 0.1) is 6.26 Å². The van der Waals surface area contributed by atoms with Gasteiger partial charge in [-0.1, -0.05) is 11.6 Å². The number of thioether (sulfide) groups is 1. The molecular formula is C20H23ClN2O3S. The molecule has 2 heterocycles. The van der Waals surface area contributed by atoms with E-state index in [-0.39, 0.29) is 17.9 Å². The SMILES string of the molecule is O=C(CCCSc1ccc(Cl)cc1)NC1CCN(C(=O)c2ccco2)CC1. The van der Waals surface area contributed by atoms with Crippen LogP contribution in [0.3, 0.4) is 0 Å². The minimum absolute atomic E-state index is 0.0796. The van der Waals surface area contributed by atoms with E-state index in [1.807, 2.05) is 24.3 Å². The molecule has 0 atom stereocenters. The number of amides is 2. The molecule has 1 aromatic heterocycles. The first-order valence-corrected chi connectivity index (χ1v) is 10.5. The minimum atomic E-state index is -0.0796. The molecule has 0 saturated carbocycles. The minimum Gasteiger partial charge on any atom is -0.459 e. The Kier molecular flexibility index (Phi) is 7.24. The topological polar surface area (TPSA) is 62.6 Å². The van der Waals surface area contributed by atoms with E-state index < -0.39 is 0 Å². The standard InChI is InChI=1S/C20H23ClN2O3S/c21-15-5-7-17(8-6-15)27-14-2-4-19(24)22-16-9-11-23(12-10-16)20(25)18-3-1-13-26-18/h1,3,5-8,13,16H,2,4,9-12,14H2,(H,22,24). The fourth-order valence-corrected chi connectivity index (χ4v) is 4.02. The lowest BCUT2D eigenvalue weighted by Crippen LogP contribution is -2.46. The van der Waals surface area contributed by atoms with Crippen LogP contribution >= 0.6 is 23.4 Å². The molecule has 0 radical (unpaired) electrons. The van der Waals surface area contributed by atoms with Crippen molar-refractivity contribution < 1.29 is 14.0 Å². The highest BCUT2D eigenvalue weighted by molar-refractivity contribution is 7.99. The van der Waals surface area contributed by atoms with Gasteiger partial charge in [0.25, 0.3) is 5.91 Å². The van der Waals surface area contributed by atoms with E-state index in [9.17, 15) is 9.59 Å². The first-order chi connectivity index (χ1) is 13.1. The van der Waals surface area contributed by atoms with Crippen LogP contribution in [0.2, 0.25) is 5.02 Å². The average molecular weight is 407 g/mol. The first-order valence-electron chi connectivity index (χ1n) is 9.12. The van der Waals surface area contributed by atoms with Gasteiger partial charge in [0.2, 0.25) is 5.91 Å². The van der Waals surface area contributed by atoms with Crippen LogP contribution in [0.1, 0.15) is 36.2 Å². The van der Waals surface area contributed by atoms with Crippen LogP contribution in [0.25, 0.3) is 0 Å². The van der Waals surface area contributed by atoms with Gasteiger partial charge in [0, 0.05) is 35.5 Å². The van der Waals surface area contributed by atoms with Crippen LogP contribution in [-0.2, 0) is 4.79 Å². The highest BCUT2D eigenvalue weighted by Gasteiger charge is 2.25. The number of carbonyl (C=O) groups is 2. The predicted octanol–water partition coefficient (Wildman–Crippen LogP) is 4.23. The second-order valence-electron chi connectivity index (χ2n) is 6.52. The highest BCUT2D eigenvalue weighted by Crippen LogP contribution is 2.21. The normalized spacial score (nSPS) is 14.9. The summed E-state index contributed by atoms with van der Waals surface area (Å²) in [6.07, 6.45) is 4.40. The zero-order valence-electron chi connectivity index (χ0n) is 15.0. The quantitative estimate of drug-likeness (QED) is 0.552. The number of nitrogens with zero attached hydrogens (tertiary/aromatic N) is 1. The number of likely N-dealkylation sites (tertiary alicyclic amines) is 1. The molecule has 144 valence electrons. The molecule has 5 nitrogen and oxygen atoms in total.